The summed E-state index contributed by atoms with van der Waals surface area (Å²) in [5.74, 6) is 0.140. The van der Waals surface area contributed by atoms with E-state index < -0.39 is 5.97 Å². The number of allylic oxidation sites excluding steroid dienone is 2. The van der Waals surface area contributed by atoms with E-state index in [1.807, 2.05) is 0 Å². The number of likely N-dealkylation sites (tertiary alicyclic amines) is 1. The van der Waals surface area contributed by atoms with Crippen molar-refractivity contribution in [2.24, 2.45) is 35.5 Å². The maximum absolute atomic E-state index is 12.9. The third-order valence-corrected chi connectivity index (χ3v) is 7.06. The van der Waals surface area contributed by atoms with Crippen LogP contribution < -0.4 is 5.32 Å². The van der Waals surface area contributed by atoms with Gasteiger partial charge < -0.3 is 10.1 Å². The average Bonchev–Trinajstić information content (AvgIpc) is 3.51. The molecular formula is C24H26N2O5. The highest BCUT2D eigenvalue weighted by Crippen LogP contribution is 2.65. The highest BCUT2D eigenvalue weighted by molar-refractivity contribution is 6.06. The van der Waals surface area contributed by atoms with Crippen molar-refractivity contribution in [3.63, 3.8) is 0 Å². The predicted octanol–water partition coefficient (Wildman–Crippen LogP) is 2.63. The molecule has 2 bridgehead atoms. The Balaban J connectivity index is 1.17. The van der Waals surface area contributed by atoms with E-state index in [2.05, 4.69) is 17.5 Å². The maximum Gasteiger partial charge on any atom is 0.338 e. The third kappa shape index (κ3) is 3.36. The fourth-order valence-corrected chi connectivity index (χ4v) is 5.65. The molecule has 1 aromatic carbocycles. The molecule has 3 amide bonds. The molecule has 0 spiro atoms. The van der Waals surface area contributed by atoms with Gasteiger partial charge in [-0.15, -0.1) is 0 Å². The number of nitrogens with zero attached hydrogens (tertiary/aromatic N) is 1. The van der Waals surface area contributed by atoms with E-state index >= 15 is 0 Å². The molecule has 7 heteroatoms. The molecule has 7 nitrogen and oxygen atoms in total. The van der Waals surface area contributed by atoms with E-state index in [9.17, 15) is 19.2 Å². The van der Waals surface area contributed by atoms with Crippen LogP contribution in [0.4, 0.5) is 5.69 Å². The summed E-state index contributed by atoms with van der Waals surface area (Å²) in [6, 6.07) is 6.44. The van der Waals surface area contributed by atoms with Gasteiger partial charge in [-0.25, -0.2) is 4.79 Å². The largest absolute Gasteiger partial charge is 0.459 e. The molecule has 4 aliphatic carbocycles. The van der Waals surface area contributed by atoms with Crippen molar-refractivity contribution in [1.29, 1.82) is 0 Å². The first-order valence-corrected chi connectivity index (χ1v) is 11.0. The Kier molecular flexibility index (Phi) is 4.72. The number of benzene rings is 1. The number of carbonyl (C=O) groups excluding carboxylic acids is 4. The minimum atomic E-state index is -0.415. The first kappa shape index (κ1) is 20.0. The lowest BCUT2D eigenvalue weighted by molar-refractivity contribution is -0.140. The summed E-state index contributed by atoms with van der Waals surface area (Å²) in [6.07, 6.45) is 5.25. The lowest BCUT2D eigenvalue weighted by atomic mass is 9.63. The van der Waals surface area contributed by atoms with Crippen molar-refractivity contribution >= 4 is 29.4 Å². The smallest absolute Gasteiger partial charge is 0.338 e. The Morgan fingerprint density at radius 1 is 1.03 bits per heavy atom. The third-order valence-electron chi connectivity index (χ3n) is 7.06. The number of rotatable bonds is 6. The molecule has 1 aromatic rings. The van der Waals surface area contributed by atoms with E-state index in [0.29, 0.717) is 23.1 Å². The predicted molar refractivity (Wildman–Crippen MR) is 112 cm³/mol. The minimum absolute atomic E-state index is 0.0453. The van der Waals surface area contributed by atoms with Gasteiger partial charge in [-0.1, -0.05) is 12.2 Å². The zero-order chi connectivity index (χ0) is 21.9. The highest BCUT2D eigenvalue weighted by atomic mass is 16.5. The summed E-state index contributed by atoms with van der Waals surface area (Å²) < 4.78 is 5.14. The molecule has 2 saturated carbocycles. The zero-order valence-corrected chi connectivity index (χ0v) is 17.6. The Morgan fingerprint density at radius 3 is 2.16 bits per heavy atom. The quantitative estimate of drug-likeness (QED) is 0.432. The molecule has 6 atom stereocenters. The van der Waals surface area contributed by atoms with Gasteiger partial charge in [0.2, 0.25) is 17.7 Å². The molecule has 0 radical (unpaired) electrons. The van der Waals surface area contributed by atoms with Gasteiger partial charge in [-0.3, -0.25) is 19.3 Å². The molecule has 5 aliphatic rings. The number of amides is 3. The maximum atomic E-state index is 12.9. The van der Waals surface area contributed by atoms with E-state index in [1.165, 1.54) is 4.90 Å². The number of esters is 1. The topological polar surface area (TPSA) is 92.8 Å². The van der Waals surface area contributed by atoms with Crippen LogP contribution in [0.3, 0.4) is 0 Å². The molecule has 1 heterocycles. The monoisotopic (exact) mass is 422 g/mol. The number of nitrogens with one attached hydrogen (secondary N) is 1. The number of anilines is 1. The van der Waals surface area contributed by atoms with Gasteiger partial charge in [0.25, 0.3) is 0 Å². The van der Waals surface area contributed by atoms with Gasteiger partial charge in [-0.2, -0.15) is 0 Å². The Labute approximate surface area is 180 Å². The summed E-state index contributed by atoms with van der Waals surface area (Å²) in [7, 11) is 0. The molecule has 3 fully saturated rings. The van der Waals surface area contributed by atoms with E-state index in [-0.39, 0.29) is 60.5 Å². The van der Waals surface area contributed by atoms with Crippen LogP contribution >= 0.6 is 0 Å². The van der Waals surface area contributed by atoms with Crippen molar-refractivity contribution in [2.45, 2.75) is 32.8 Å². The van der Waals surface area contributed by atoms with Gasteiger partial charge in [0.05, 0.1) is 23.5 Å². The van der Waals surface area contributed by atoms with Crippen LogP contribution in [0.15, 0.2) is 36.4 Å². The number of hydrogen-bond acceptors (Lipinski definition) is 5. The lowest BCUT2D eigenvalue weighted by Gasteiger charge is -2.37. The first-order valence-electron chi connectivity index (χ1n) is 11.0. The number of imide groups is 1. The second kappa shape index (κ2) is 7.32. The molecular weight excluding hydrogens is 396 g/mol. The SMILES string of the molecule is CC(C)OC(=O)c1ccc(NC(=O)CCN2C(=O)[C@@H]3[C@H]4C=C[C@@H]([C@@H]5C[C@@H]45)[C@H]3C2=O)cc1. The molecule has 31 heavy (non-hydrogen) atoms. The number of carbonyl (C=O) groups is 4. The molecule has 162 valence electrons. The van der Waals surface area contributed by atoms with Gasteiger partial charge in [0, 0.05) is 18.7 Å². The van der Waals surface area contributed by atoms with Crippen LogP contribution in [-0.4, -0.2) is 41.2 Å². The molecule has 6 rings (SSSR count). The number of ether oxygens (including phenoxy) is 1. The van der Waals surface area contributed by atoms with Gasteiger partial charge in [-0.05, 0) is 68.2 Å². The fourth-order valence-electron chi connectivity index (χ4n) is 5.65. The fraction of sp³-hybridized carbons (Fsp3) is 0.500. The normalized spacial score (nSPS) is 32.2. The van der Waals surface area contributed by atoms with Crippen molar-refractivity contribution in [3.8, 4) is 0 Å². The standard InChI is InChI=1S/C24H26N2O5/c1-12(2)31-24(30)13-3-5-14(6-4-13)25-19(27)9-10-26-22(28)20-15-7-8-16(18-11-17(15)18)21(20)23(26)29/h3-8,12,15-18,20-21H,9-11H2,1-2H3,(H,25,27)/t15-,16-,17-,18-,20+,21+/m0/s1. The average molecular weight is 422 g/mol. The summed E-state index contributed by atoms with van der Waals surface area (Å²) in [6.45, 7) is 3.66. The molecule has 1 aliphatic heterocycles. The summed E-state index contributed by atoms with van der Waals surface area (Å²) in [5, 5.41) is 2.76. The Morgan fingerprint density at radius 2 is 1.61 bits per heavy atom. The molecule has 1 saturated heterocycles. The van der Waals surface area contributed by atoms with E-state index in [4.69, 9.17) is 4.74 Å². The molecule has 0 aromatic heterocycles. The van der Waals surface area contributed by atoms with E-state index in [1.54, 1.807) is 38.1 Å². The van der Waals surface area contributed by atoms with Crippen LogP contribution in [0.5, 0.6) is 0 Å². The van der Waals surface area contributed by atoms with Crippen molar-refractivity contribution in [1.82, 2.24) is 4.90 Å². The highest BCUT2D eigenvalue weighted by Gasteiger charge is 2.66. The van der Waals surface area contributed by atoms with Crippen molar-refractivity contribution < 1.29 is 23.9 Å². The van der Waals surface area contributed by atoms with Gasteiger partial charge >= 0.3 is 5.97 Å². The molecule has 1 N–H and O–H groups in total. The second-order valence-corrected chi connectivity index (χ2v) is 9.31. The summed E-state index contributed by atoms with van der Waals surface area (Å²) in [4.78, 5) is 51.5. The second-order valence-electron chi connectivity index (χ2n) is 9.31. The Hall–Kier alpha value is -2.96. The van der Waals surface area contributed by atoms with Crippen molar-refractivity contribution in [2.75, 3.05) is 11.9 Å². The van der Waals surface area contributed by atoms with Crippen LogP contribution in [-0.2, 0) is 19.1 Å². The van der Waals surface area contributed by atoms with E-state index in [0.717, 1.165) is 6.42 Å². The molecule has 0 unspecified atom stereocenters. The number of hydrogen-bond donors (Lipinski definition) is 1. The lowest BCUT2D eigenvalue weighted by Crippen LogP contribution is -2.40. The van der Waals surface area contributed by atoms with Gasteiger partial charge in [0.1, 0.15) is 0 Å². The van der Waals surface area contributed by atoms with Crippen LogP contribution in [0.25, 0.3) is 0 Å². The Bertz CT molecular complexity index is 946. The minimum Gasteiger partial charge on any atom is -0.459 e. The van der Waals surface area contributed by atoms with Crippen LogP contribution in [0, 0.1) is 35.5 Å². The summed E-state index contributed by atoms with van der Waals surface area (Å²) in [5.41, 5.74) is 0.949. The van der Waals surface area contributed by atoms with Crippen molar-refractivity contribution in [3.05, 3.63) is 42.0 Å². The van der Waals surface area contributed by atoms with Crippen LogP contribution in [0.1, 0.15) is 37.0 Å². The van der Waals surface area contributed by atoms with Crippen LogP contribution in [0.2, 0.25) is 0 Å². The first-order chi connectivity index (χ1) is 14.8. The van der Waals surface area contributed by atoms with Gasteiger partial charge in [0.15, 0.2) is 0 Å². The zero-order valence-electron chi connectivity index (χ0n) is 17.6. The summed E-state index contributed by atoms with van der Waals surface area (Å²) >= 11 is 0.